The predicted molar refractivity (Wildman–Crippen MR) is 78.5 cm³/mol. The lowest BCUT2D eigenvalue weighted by Gasteiger charge is -2.36. The van der Waals surface area contributed by atoms with Crippen LogP contribution in [-0.4, -0.2) is 31.1 Å². The minimum atomic E-state index is -5.07. The van der Waals surface area contributed by atoms with E-state index in [1.165, 1.54) is 0 Å². The molecule has 1 heterocycles. The summed E-state index contributed by atoms with van der Waals surface area (Å²) in [5.74, 6) is -1.46. The summed E-state index contributed by atoms with van der Waals surface area (Å²) in [6.45, 7) is 3.61. The van der Waals surface area contributed by atoms with Crippen LogP contribution in [0.4, 0.5) is 30.7 Å². The monoisotopic (exact) mass is 372 g/mol. The molecule has 1 aliphatic heterocycles. The minimum Gasteiger partial charge on any atom is -0.314 e. The fourth-order valence-electron chi connectivity index (χ4n) is 3.13. The molecule has 1 aromatic rings. The van der Waals surface area contributed by atoms with Crippen LogP contribution < -0.4 is 5.32 Å². The van der Waals surface area contributed by atoms with Gasteiger partial charge in [-0.3, -0.25) is 4.90 Å². The fourth-order valence-corrected chi connectivity index (χ4v) is 3.13. The first-order valence-electron chi connectivity index (χ1n) is 7.98. The molecule has 0 radical (unpaired) electrons. The second-order valence-electron chi connectivity index (χ2n) is 6.01. The van der Waals surface area contributed by atoms with Crippen molar-refractivity contribution in [2.45, 2.75) is 38.2 Å². The number of nitrogens with one attached hydrogen (secondary N) is 1. The van der Waals surface area contributed by atoms with Crippen LogP contribution in [0.15, 0.2) is 12.1 Å². The maximum atomic E-state index is 14.5. The van der Waals surface area contributed by atoms with Crippen LogP contribution in [0.3, 0.4) is 0 Å². The third-order valence-electron chi connectivity index (χ3n) is 4.25. The molecule has 142 valence electrons. The number of piperazine rings is 1. The molecule has 0 aliphatic carbocycles. The number of hydrogen-bond acceptors (Lipinski definition) is 2. The Labute approximate surface area is 141 Å². The first kappa shape index (κ1) is 20.0. The van der Waals surface area contributed by atoms with Gasteiger partial charge >= 0.3 is 12.4 Å². The average molecular weight is 372 g/mol. The van der Waals surface area contributed by atoms with E-state index in [4.69, 9.17) is 0 Å². The third-order valence-corrected chi connectivity index (χ3v) is 4.25. The van der Waals surface area contributed by atoms with Crippen molar-refractivity contribution in [2.24, 2.45) is 0 Å². The van der Waals surface area contributed by atoms with Gasteiger partial charge in [0.15, 0.2) is 0 Å². The van der Waals surface area contributed by atoms with Crippen LogP contribution in [0.1, 0.15) is 42.5 Å². The Hall–Kier alpha value is -1.35. The summed E-state index contributed by atoms with van der Waals surface area (Å²) >= 11 is 0. The number of nitrogens with zero attached hydrogens (tertiary/aromatic N) is 1. The molecule has 0 bridgehead atoms. The van der Waals surface area contributed by atoms with E-state index >= 15 is 0 Å². The van der Waals surface area contributed by atoms with Crippen molar-refractivity contribution in [3.8, 4) is 0 Å². The number of halogens is 7. The topological polar surface area (TPSA) is 15.3 Å². The second-order valence-corrected chi connectivity index (χ2v) is 6.01. The standard InChI is InChI=1S/C16H19F7N2/c1-2-3-13(25-6-4-24-5-7-25)14-11(16(21,22)23)8-10(9-12(14)17)15(18,19)20/h8-9,13,24H,2-7H2,1H3/t13-/m0/s1. The average Bonchev–Trinajstić information content (AvgIpc) is 2.51. The number of rotatable bonds is 4. The normalized spacial score (nSPS) is 18.4. The van der Waals surface area contributed by atoms with Crippen molar-refractivity contribution in [1.82, 2.24) is 10.2 Å². The quantitative estimate of drug-likeness (QED) is 0.777. The maximum Gasteiger partial charge on any atom is 0.416 e. The molecule has 1 N–H and O–H groups in total. The van der Waals surface area contributed by atoms with Gasteiger partial charge in [-0.25, -0.2) is 4.39 Å². The van der Waals surface area contributed by atoms with Gasteiger partial charge in [-0.2, -0.15) is 26.3 Å². The summed E-state index contributed by atoms with van der Waals surface area (Å²) in [5.41, 5.74) is -3.86. The molecule has 2 rings (SSSR count). The van der Waals surface area contributed by atoms with Crippen molar-refractivity contribution >= 4 is 0 Å². The van der Waals surface area contributed by atoms with E-state index in [1.54, 1.807) is 11.8 Å². The number of hydrogen-bond donors (Lipinski definition) is 1. The molecule has 1 aliphatic rings. The Balaban J connectivity index is 2.59. The summed E-state index contributed by atoms with van der Waals surface area (Å²) in [6, 6.07) is -0.732. The lowest BCUT2D eigenvalue weighted by atomic mass is 9.92. The molecule has 1 fully saturated rings. The molecular weight excluding hydrogens is 353 g/mol. The second kappa shape index (κ2) is 7.49. The van der Waals surface area contributed by atoms with Gasteiger partial charge in [0.1, 0.15) is 5.82 Å². The van der Waals surface area contributed by atoms with Crippen molar-refractivity contribution < 1.29 is 30.7 Å². The molecular formula is C16H19F7N2. The molecule has 0 amide bonds. The largest absolute Gasteiger partial charge is 0.416 e. The number of alkyl halides is 6. The van der Waals surface area contributed by atoms with Gasteiger partial charge in [0.05, 0.1) is 11.1 Å². The molecule has 0 aromatic heterocycles. The van der Waals surface area contributed by atoms with Gasteiger partial charge in [0.2, 0.25) is 0 Å². The van der Waals surface area contributed by atoms with Crippen LogP contribution in [0.5, 0.6) is 0 Å². The first-order chi connectivity index (χ1) is 11.6. The smallest absolute Gasteiger partial charge is 0.314 e. The van der Waals surface area contributed by atoms with Gasteiger partial charge < -0.3 is 5.32 Å². The zero-order valence-electron chi connectivity index (χ0n) is 13.6. The maximum absolute atomic E-state index is 14.5. The van der Waals surface area contributed by atoms with Crippen molar-refractivity contribution in [2.75, 3.05) is 26.2 Å². The highest BCUT2D eigenvalue weighted by Crippen LogP contribution is 2.42. The van der Waals surface area contributed by atoms with Crippen LogP contribution in [0.25, 0.3) is 0 Å². The lowest BCUT2D eigenvalue weighted by molar-refractivity contribution is -0.144. The predicted octanol–water partition coefficient (Wildman–Crippen LogP) is 4.61. The van der Waals surface area contributed by atoms with E-state index in [-0.39, 0.29) is 18.6 Å². The van der Waals surface area contributed by atoms with Crippen LogP contribution in [-0.2, 0) is 12.4 Å². The fraction of sp³-hybridized carbons (Fsp3) is 0.625. The highest BCUT2D eigenvalue weighted by molar-refractivity contribution is 5.39. The van der Waals surface area contributed by atoms with Crippen LogP contribution in [0.2, 0.25) is 0 Å². The van der Waals surface area contributed by atoms with Gasteiger partial charge in [0.25, 0.3) is 0 Å². The molecule has 0 saturated carbocycles. The molecule has 1 aromatic carbocycles. The van der Waals surface area contributed by atoms with E-state index in [0.717, 1.165) is 0 Å². The van der Waals surface area contributed by atoms with Crippen molar-refractivity contribution in [3.05, 3.63) is 34.6 Å². The van der Waals surface area contributed by atoms with Crippen LogP contribution >= 0.6 is 0 Å². The third kappa shape index (κ3) is 4.63. The summed E-state index contributed by atoms with van der Waals surface area (Å²) < 4.78 is 93.1. The zero-order valence-corrected chi connectivity index (χ0v) is 13.6. The van der Waals surface area contributed by atoms with Gasteiger partial charge in [-0.05, 0) is 18.6 Å². The molecule has 1 saturated heterocycles. The SMILES string of the molecule is CCC[C@@H](c1c(F)cc(C(F)(F)F)cc1C(F)(F)F)N1CCNCC1. The van der Waals surface area contributed by atoms with E-state index in [1.807, 2.05) is 0 Å². The Kier molecular flexibility index (Phi) is 5.98. The highest BCUT2D eigenvalue weighted by Gasteiger charge is 2.42. The van der Waals surface area contributed by atoms with Gasteiger partial charge in [0, 0.05) is 37.8 Å². The Morgan fingerprint density at radius 3 is 2.12 bits per heavy atom. The molecule has 0 unspecified atom stereocenters. The summed E-state index contributed by atoms with van der Waals surface area (Å²) in [6.07, 6.45) is -9.41. The van der Waals surface area contributed by atoms with E-state index < -0.39 is 40.9 Å². The van der Waals surface area contributed by atoms with E-state index in [2.05, 4.69) is 5.32 Å². The van der Waals surface area contributed by atoms with Gasteiger partial charge in [-0.1, -0.05) is 13.3 Å². The van der Waals surface area contributed by atoms with E-state index in [0.29, 0.717) is 32.6 Å². The molecule has 0 spiro atoms. The summed E-state index contributed by atoms with van der Waals surface area (Å²) in [7, 11) is 0. The molecule has 9 heteroatoms. The lowest BCUT2D eigenvalue weighted by Crippen LogP contribution is -2.45. The molecule has 2 nitrogen and oxygen atoms in total. The van der Waals surface area contributed by atoms with Gasteiger partial charge in [-0.15, -0.1) is 0 Å². The molecule has 1 atom stereocenters. The molecule has 25 heavy (non-hydrogen) atoms. The Morgan fingerprint density at radius 2 is 1.64 bits per heavy atom. The highest BCUT2D eigenvalue weighted by atomic mass is 19.4. The first-order valence-corrected chi connectivity index (χ1v) is 7.98. The summed E-state index contributed by atoms with van der Waals surface area (Å²) in [5, 5.41) is 3.05. The Morgan fingerprint density at radius 1 is 1.04 bits per heavy atom. The number of benzene rings is 1. The van der Waals surface area contributed by atoms with Crippen LogP contribution in [0, 0.1) is 5.82 Å². The Bertz CT molecular complexity index is 589. The minimum absolute atomic E-state index is 0.0171. The van der Waals surface area contributed by atoms with Crippen molar-refractivity contribution in [1.29, 1.82) is 0 Å². The van der Waals surface area contributed by atoms with E-state index in [9.17, 15) is 30.7 Å². The summed E-state index contributed by atoms with van der Waals surface area (Å²) in [4.78, 5) is 1.70. The zero-order chi connectivity index (χ0) is 18.8. The van der Waals surface area contributed by atoms with Crippen molar-refractivity contribution in [3.63, 3.8) is 0 Å².